The Labute approximate surface area is 102 Å². The average molecular weight is 234 g/mol. The molecular weight excluding hydrogens is 215 g/mol. The van der Waals surface area contributed by atoms with Crippen molar-refractivity contribution >= 4 is 5.69 Å². The predicted molar refractivity (Wildman–Crippen MR) is 69.8 cm³/mol. The summed E-state index contributed by atoms with van der Waals surface area (Å²) in [4.78, 5) is 2.11. The number of halogens is 1. The van der Waals surface area contributed by atoms with Crippen molar-refractivity contribution in [3.05, 3.63) is 41.7 Å². The average Bonchev–Trinajstić information content (AvgIpc) is 2.38. The van der Waals surface area contributed by atoms with Crippen LogP contribution in [-0.4, -0.2) is 20.1 Å². The molecule has 0 radical (unpaired) electrons. The number of anilines is 1. The van der Waals surface area contributed by atoms with Gasteiger partial charge < -0.3 is 10.2 Å². The lowest BCUT2D eigenvalue weighted by Gasteiger charge is -2.29. The Balaban J connectivity index is 2.39. The molecule has 1 unspecified atom stereocenters. The highest BCUT2D eigenvalue weighted by molar-refractivity contribution is 5.57. The zero-order valence-corrected chi connectivity index (χ0v) is 10.4. The Hall–Kier alpha value is -1.35. The molecule has 3 heteroatoms. The molecule has 92 valence electrons. The van der Waals surface area contributed by atoms with Gasteiger partial charge in [0.15, 0.2) is 0 Å². The third-order valence-electron chi connectivity index (χ3n) is 3.29. The van der Waals surface area contributed by atoms with E-state index in [0.29, 0.717) is 0 Å². The van der Waals surface area contributed by atoms with Crippen LogP contribution in [0.15, 0.2) is 30.4 Å². The molecule has 0 saturated heterocycles. The van der Waals surface area contributed by atoms with Crippen LogP contribution in [0.5, 0.6) is 0 Å². The van der Waals surface area contributed by atoms with Crippen LogP contribution in [0.3, 0.4) is 0 Å². The number of nitrogens with zero attached hydrogens (tertiary/aromatic N) is 1. The zero-order chi connectivity index (χ0) is 12.3. The lowest BCUT2D eigenvalue weighted by atomic mass is 10.0. The number of para-hydroxylation sites is 1. The SMILES string of the molecule is CNC(C)c1cccc(F)c1N1CC=CCC1. The van der Waals surface area contributed by atoms with Gasteiger partial charge in [-0.3, -0.25) is 0 Å². The van der Waals surface area contributed by atoms with E-state index in [1.807, 2.05) is 13.1 Å². The second-order valence-corrected chi connectivity index (χ2v) is 4.39. The summed E-state index contributed by atoms with van der Waals surface area (Å²) in [6.45, 7) is 3.74. The van der Waals surface area contributed by atoms with Crippen molar-refractivity contribution in [2.24, 2.45) is 0 Å². The summed E-state index contributed by atoms with van der Waals surface area (Å²) in [6.07, 6.45) is 5.24. The summed E-state index contributed by atoms with van der Waals surface area (Å²) in [7, 11) is 1.90. The molecule has 1 heterocycles. The maximum atomic E-state index is 14.0. The first-order chi connectivity index (χ1) is 8.24. The van der Waals surface area contributed by atoms with Crippen LogP contribution in [-0.2, 0) is 0 Å². The van der Waals surface area contributed by atoms with Crippen LogP contribution in [0.4, 0.5) is 10.1 Å². The molecule has 0 amide bonds. The van der Waals surface area contributed by atoms with Gasteiger partial charge >= 0.3 is 0 Å². The van der Waals surface area contributed by atoms with Crippen molar-refractivity contribution in [2.75, 3.05) is 25.0 Å². The minimum atomic E-state index is -0.125. The van der Waals surface area contributed by atoms with E-state index >= 15 is 0 Å². The van der Waals surface area contributed by atoms with Gasteiger partial charge in [0.05, 0.1) is 5.69 Å². The molecule has 1 aliphatic heterocycles. The molecule has 0 bridgehead atoms. The minimum Gasteiger partial charge on any atom is -0.365 e. The van der Waals surface area contributed by atoms with Gasteiger partial charge in [0.25, 0.3) is 0 Å². The molecule has 0 aromatic heterocycles. The maximum absolute atomic E-state index is 14.0. The standard InChI is InChI=1S/C14H19FN2/c1-11(16-2)12-7-6-8-13(15)14(12)17-9-4-3-5-10-17/h3-4,6-8,11,16H,5,9-10H2,1-2H3. The molecule has 17 heavy (non-hydrogen) atoms. The van der Waals surface area contributed by atoms with Gasteiger partial charge in [0.1, 0.15) is 5.82 Å². The highest BCUT2D eigenvalue weighted by atomic mass is 19.1. The topological polar surface area (TPSA) is 15.3 Å². The highest BCUT2D eigenvalue weighted by Crippen LogP contribution is 2.30. The van der Waals surface area contributed by atoms with Gasteiger partial charge in [-0.05, 0) is 32.0 Å². The fraction of sp³-hybridized carbons (Fsp3) is 0.429. The fourth-order valence-electron chi connectivity index (χ4n) is 2.21. The summed E-state index contributed by atoms with van der Waals surface area (Å²) in [5.41, 5.74) is 1.78. The van der Waals surface area contributed by atoms with Gasteiger partial charge in [-0.15, -0.1) is 0 Å². The molecule has 1 aliphatic rings. The van der Waals surface area contributed by atoms with E-state index in [-0.39, 0.29) is 11.9 Å². The van der Waals surface area contributed by atoms with Crippen LogP contribution in [0, 0.1) is 5.82 Å². The smallest absolute Gasteiger partial charge is 0.146 e. The van der Waals surface area contributed by atoms with Crippen LogP contribution in [0.25, 0.3) is 0 Å². The van der Waals surface area contributed by atoms with Crippen LogP contribution >= 0.6 is 0 Å². The Morgan fingerprint density at radius 1 is 1.35 bits per heavy atom. The van der Waals surface area contributed by atoms with Gasteiger partial charge in [-0.1, -0.05) is 24.3 Å². The van der Waals surface area contributed by atoms with Gasteiger partial charge in [0.2, 0.25) is 0 Å². The minimum absolute atomic E-state index is 0.125. The Kier molecular flexibility index (Phi) is 3.79. The van der Waals surface area contributed by atoms with Crippen LogP contribution in [0.1, 0.15) is 24.9 Å². The second-order valence-electron chi connectivity index (χ2n) is 4.39. The monoisotopic (exact) mass is 234 g/mol. The number of hydrogen-bond acceptors (Lipinski definition) is 2. The summed E-state index contributed by atoms with van der Waals surface area (Å²) in [5.74, 6) is -0.125. The summed E-state index contributed by atoms with van der Waals surface area (Å²) in [5, 5.41) is 3.18. The normalized spacial score (nSPS) is 17.2. The van der Waals surface area contributed by atoms with E-state index in [0.717, 1.165) is 30.8 Å². The molecule has 0 fully saturated rings. The van der Waals surface area contributed by atoms with Crippen molar-refractivity contribution in [3.63, 3.8) is 0 Å². The Bertz CT molecular complexity index is 415. The molecule has 0 saturated carbocycles. The maximum Gasteiger partial charge on any atom is 0.146 e. The molecule has 0 spiro atoms. The third-order valence-corrected chi connectivity index (χ3v) is 3.29. The van der Waals surface area contributed by atoms with E-state index in [4.69, 9.17) is 0 Å². The van der Waals surface area contributed by atoms with Crippen LogP contribution in [0.2, 0.25) is 0 Å². The summed E-state index contributed by atoms with van der Waals surface area (Å²) < 4.78 is 14.0. The van der Waals surface area contributed by atoms with E-state index in [9.17, 15) is 4.39 Å². The molecule has 2 nitrogen and oxygen atoms in total. The predicted octanol–water partition coefficient (Wildman–Crippen LogP) is 2.87. The molecule has 2 rings (SSSR count). The summed E-state index contributed by atoms with van der Waals surface area (Å²) in [6, 6.07) is 5.48. The Morgan fingerprint density at radius 3 is 2.82 bits per heavy atom. The van der Waals surface area contributed by atoms with Gasteiger partial charge in [-0.25, -0.2) is 4.39 Å². The number of benzene rings is 1. The molecule has 1 N–H and O–H groups in total. The van der Waals surface area contributed by atoms with Crippen LogP contribution < -0.4 is 10.2 Å². The number of hydrogen-bond donors (Lipinski definition) is 1. The zero-order valence-electron chi connectivity index (χ0n) is 10.4. The quantitative estimate of drug-likeness (QED) is 0.809. The highest BCUT2D eigenvalue weighted by Gasteiger charge is 2.18. The van der Waals surface area contributed by atoms with E-state index < -0.39 is 0 Å². The largest absolute Gasteiger partial charge is 0.365 e. The van der Waals surface area contributed by atoms with Crippen molar-refractivity contribution in [3.8, 4) is 0 Å². The van der Waals surface area contributed by atoms with Crippen molar-refractivity contribution in [1.29, 1.82) is 0 Å². The Morgan fingerprint density at radius 2 is 2.18 bits per heavy atom. The molecule has 1 aromatic carbocycles. The van der Waals surface area contributed by atoms with Crippen molar-refractivity contribution in [2.45, 2.75) is 19.4 Å². The van der Waals surface area contributed by atoms with Gasteiger partial charge in [-0.2, -0.15) is 0 Å². The number of rotatable bonds is 3. The van der Waals surface area contributed by atoms with Crippen molar-refractivity contribution < 1.29 is 4.39 Å². The fourth-order valence-corrected chi connectivity index (χ4v) is 2.21. The lowest BCUT2D eigenvalue weighted by Crippen LogP contribution is -2.30. The molecule has 1 aromatic rings. The third kappa shape index (κ3) is 2.50. The molecule has 1 atom stereocenters. The van der Waals surface area contributed by atoms with E-state index in [1.54, 1.807) is 12.1 Å². The first-order valence-corrected chi connectivity index (χ1v) is 6.09. The lowest BCUT2D eigenvalue weighted by molar-refractivity contribution is 0.598. The van der Waals surface area contributed by atoms with E-state index in [1.165, 1.54) is 0 Å². The first kappa shape index (κ1) is 12.1. The molecule has 0 aliphatic carbocycles. The number of nitrogens with one attached hydrogen (secondary N) is 1. The first-order valence-electron chi connectivity index (χ1n) is 6.09. The van der Waals surface area contributed by atoms with Gasteiger partial charge in [0, 0.05) is 19.1 Å². The van der Waals surface area contributed by atoms with Crippen molar-refractivity contribution in [1.82, 2.24) is 5.32 Å². The molecular formula is C14H19FN2. The second kappa shape index (κ2) is 5.32. The summed E-state index contributed by atoms with van der Waals surface area (Å²) >= 11 is 0. The van der Waals surface area contributed by atoms with E-state index in [2.05, 4.69) is 29.3 Å².